The van der Waals surface area contributed by atoms with Crippen LogP contribution in [0.15, 0.2) is 18.2 Å². The minimum absolute atomic E-state index is 0.246. The second-order valence-electron chi connectivity index (χ2n) is 3.25. The van der Waals surface area contributed by atoms with Crippen molar-refractivity contribution in [3.8, 4) is 11.5 Å². The van der Waals surface area contributed by atoms with E-state index in [1.54, 1.807) is 0 Å². The van der Waals surface area contributed by atoms with E-state index in [9.17, 15) is 14.7 Å². The average Bonchev–Trinajstić information content (AvgIpc) is 2.28. The number of carbonyl (C=O) groups excluding carboxylic acids is 1. The van der Waals surface area contributed by atoms with Crippen LogP contribution in [0.4, 0.5) is 0 Å². The fraction of sp³-hybridized carbons (Fsp3) is 0.200. The molecule has 1 atom stereocenters. The number of carboxylic acids is 1. The number of benzene rings is 1. The van der Waals surface area contributed by atoms with Crippen LogP contribution < -0.4 is 5.32 Å². The Balaban J connectivity index is 2.89. The number of aliphatic hydroxyl groups excluding tert-OH is 1. The Morgan fingerprint density at radius 3 is 2.47 bits per heavy atom. The lowest BCUT2D eigenvalue weighted by molar-refractivity contribution is -0.140. The molecular formula is C10H11NO6. The van der Waals surface area contributed by atoms with Crippen LogP contribution >= 0.6 is 0 Å². The number of hydrogen-bond donors (Lipinski definition) is 5. The summed E-state index contributed by atoms with van der Waals surface area (Å²) in [7, 11) is 0. The van der Waals surface area contributed by atoms with E-state index in [1.807, 2.05) is 5.32 Å². The minimum Gasteiger partial charge on any atom is -0.508 e. The van der Waals surface area contributed by atoms with Gasteiger partial charge in [-0.05, 0) is 18.2 Å². The topological polar surface area (TPSA) is 127 Å². The lowest BCUT2D eigenvalue weighted by Crippen LogP contribution is -2.43. The van der Waals surface area contributed by atoms with Crippen LogP contribution in [-0.4, -0.2) is 45.0 Å². The van der Waals surface area contributed by atoms with E-state index in [2.05, 4.69) is 0 Å². The molecule has 0 aliphatic heterocycles. The van der Waals surface area contributed by atoms with Crippen molar-refractivity contribution in [1.82, 2.24) is 5.32 Å². The van der Waals surface area contributed by atoms with Gasteiger partial charge in [0.1, 0.15) is 11.5 Å². The number of carbonyl (C=O) groups is 2. The molecule has 0 bridgehead atoms. The second-order valence-corrected chi connectivity index (χ2v) is 3.25. The van der Waals surface area contributed by atoms with Crippen molar-refractivity contribution in [2.24, 2.45) is 0 Å². The Morgan fingerprint density at radius 1 is 1.29 bits per heavy atom. The molecule has 0 aliphatic carbocycles. The zero-order valence-electron chi connectivity index (χ0n) is 8.62. The summed E-state index contributed by atoms with van der Waals surface area (Å²) in [5.41, 5.74) is -0.273. The summed E-state index contributed by atoms with van der Waals surface area (Å²) in [5.74, 6) is -2.95. The summed E-state index contributed by atoms with van der Waals surface area (Å²) in [5, 5.41) is 37.8. The average molecular weight is 241 g/mol. The predicted molar refractivity (Wildman–Crippen MR) is 55.7 cm³/mol. The van der Waals surface area contributed by atoms with Gasteiger partial charge in [-0.3, -0.25) is 4.79 Å². The molecule has 0 fully saturated rings. The Kier molecular flexibility index (Phi) is 3.89. The number of phenolic OH excluding ortho intramolecular Hbond substituents is 2. The molecule has 1 amide bonds. The molecule has 0 aliphatic rings. The quantitative estimate of drug-likeness (QED) is 0.442. The summed E-state index contributed by atoms with van der Waals surface area (Å²) >= 11 is 0. The van der Waals surface area contributed by atoms with Crippen LogP contribution in [0.25, 0.3) is 0 Å². The first-order valence-corrected chi connectivity index (χ1v) is 4.62. The number of nitrogens with one attached hydrogen (secondary N) is 1. The maximum absolute atomic E-state index is 11.5. The van der Waals surface area contributed by atoms with Gasteiger partial charge in [-0.2, -0.15) is 0 Å². The van der Waals surface area contributed by atoms with Gasteiger partial charge in [0.25, 0.3) is 5.91 Å². The van der Waals surface area contributed by atoms with Gasteiger partial charge < -0.3 is 25.7 Å². The molecule has 92 valence electrons. The first-order chi connectivity index (χ1) is 7.95. The van der Waals surface area contributed by atoms with Crippen molar-refractivity contribution < 1.29 is 30.0 Å². The molecule has 1 rings (SSSR count). The van der Waals surface area contributed by atoms with E-state index in [1.165, 1.54) is 6.07 Å². The summed E-state index contributed by atoms with van der Waals surface area (Å²) < 4.78 is 0. The number of aliphatic hydroxyl groups is 1. The SMILES string of the molecule is O=C(N[C@H](CO)C(=O)O)c1cc(O)ccc1O. The van der Waals surface area contributed by atoms with Crippen molar-refractivity contribution in [1.29, 1.82) is 0 Å². The van der Waals surface area contributed by atoms with Crippen molar-refractivity contribution >= 4 is 11.9 Å². The van der Waals surface area contributed by atoms with E-state index in [0.717, 1.165) is 12.1 Å². The molecule has 0 spiro atoms. The number of hydrogen-bond acceptors (Lipinski definition) is 5. The number of aliphatic carboxylic acids is 1. The summed E-state index contributed by atoms with van der Waals surface area (Å²) in [4.78, 5) is 22.1. The first-order valence-electron chi connectivity index (χ1n) is 4.62. The largest absolute Gasteiger partial charge is 0.508 e. The van der Waals surface area contributed by atoms with Gasteiger partial charge in [-0.15, -0.1) is 0 Å². The Hall–Kier alpha value is -2.28. The van der Waals surface area contributed by atoms with Crippen LogP contribution in [0, 0.1) is 0 Å². The maximum atomic E-state index is 11.5. The molecule has 0 saturated carbocycles. The number of phenols is 2. The number of aromatic hydroxyl groups is 2. The second kappa shape index (κ2) is 5.17. The maximum Gasteiger partial charge on any atom is 0.328 e. The lowest BCUT2D eigenvalue weighted by Gasteiger charge is -2.12. The first kappa shape index (κ1) is 12.8. The third kappa shape index (κ3) is 3.08. The van der Waals surface area contributed by atoms with Gasteiger partial charge in [-0.1, -0.05) is 0 Å². The van der Waals surface area contributed by atoms with E-state index >= 15 is 0 Å². The standard InChI is InChI=1S/C10H11NO6/c12-4-7(10(16)17)11-9(15)6-3-5(13)1-2-8(6)14/h1-3,7,12-14H,4H2,(H,11,15)(H,16,17)/t7-/m1/s1. The Morgan fingerprint density at radius 2 is 1.94 bits per heavy atom. The Labute approximate surface area is 95.9 Å². The van der Waals surface area contributed by atoms with Gasteiger partial charge >= 0.3 is 5.97 Å². The monoisotopic (exact) mass is 241 g/mol. The molecule has 1 aromatic rings. The molecule has 5 N–H and O–H groups in total. The highest BCUT2D eigenvalue weighted by Crippen LogP contribution is 2.21. The molecule has 1 aromatic carbocycles. The normalized spacial score (nSPS) is 11.8. The van der Waals surface area contributed by atoms with Gasteiger partial charge in [-0.25, -0.2) is 4.79 Å². The molecule has 0 unspecified atom stereocenters. The van der Waals surface area contributed by atoms with E-state index < -0.39 is 30.3 Å². The zero-order chi connectivity index (χ0) is 13.0. The van der Waals surface area contributed by atoms with Gasteiger partial charge in [0.15, 0.2) is 6.04 Å². The molecule has 0 saturated heterocycles. The highest BCUT2D eigenvalue weighted by Gasteiger charge is 2.21. The van der Waals surface area contributed by atoms with Crippen LogP contribution in [0.2, 0.25) is 0 Å². The summed E-state index contributed by atoms with van der Waals surface area (Å²) in [6.45, 7) is -0.777. The molecule has 0 radical (unpaired) electrons. The molecule has 7 heteroatoms. The predicted octanol–water partition coefficient (Wildman–Crippen LogP) is -0.727. The fourth-order valence-corrected chi connectivity index (χ4v) is 1.13. The molecule has 7 nitrogen and oxygen atoms in total. The Bertz CT molecular complexity index is 444. The fourth-order valence-electron chi connectivity index (χ4n) is 1.13. The van der Waals surface area contributed by atoms with Crippen LogP contribution in [0.5, 0.6) is 11.5 Å². The van der Waals surface area contributed by atoms with Crippen LogP contribution in [0.1, 0.15) is 10.4 Å². The van der Waals surface area contributed by atoms with Crippen molar-refractivity contribution in [2.45, 2.75) is 6.04 Å². The molecule has 17 heavy (non-hydrogen) atoms. The molecule has 0 aromatic heterocycles. The third-order valence-electron chi connectivity index (χ3n) is 2.01. The number of amides is 1. The van der Waals surface area contributed by atoms with Gasteiger partial charge in [0.2, 0.25) is 0 Å². The zero-order valence-corrected chi connectivity index (χ0v) is 8.62. The van der Waals surface area contributed by atoms with Crippen LogP contribution in [0.3, 0.4) is 0 Å². The highest BCUT2D eigenvalue weighted by molar-refractivity contribution is 5.99. The smallest absolute Gasteiger partial charge is 0.328 e. The van der Waals surface area contributed by atoms with Gasteiger partial charge in [0.05, 0.1) is 12.2 Å². The van der Waals surface area contributed by atoms with Crippen LogP contribution in [-0.2, 0) is 4.79 Å². The molecular weight excluding hydrogens is 230 g/mol. The lowest BCUT2D eigenvalue weighted by atomic mass is 10.1. The summed E-state index contributed by atoms with van der Waals surface area (Å²) in [6, 6.07) is 1.79. The third-order valence-corrected chi connectivity index (χ3v) is 2.01. The number of rotatable bonds is 4. The van der Waals surface area contributed by atoms with E-state index in [4.69, 9.17) is 15.3 Å². The molecule has 0 heterocycles. The minimum atomic E-state index is -1.47. The van der Waals surface area contributed by atoms with E-state index in [-0.39, 0.29) is 11.3 Å². The van der Waals surface area contributed by atoms with Crippen molar-refractivity contribution in [2.75, 3.05) is 6.61 Å². The van der Waals surface area contributed by atoms with Crippen molar-refractivity contribution in [3.63, 3.8) is 0 Å². The number of carboxylic acid groups (broad SMARTS) is 1. The van der Waals surface area contributed by atoms with Gasteiger partial charge in [0, 0.05) is 0 Å². The van der Waals surface area contributed by atoms with E-state index in [0.29, 0.717) is 0 Å². The summed E-state index contributed by atoms with van der Waals surface area (Å²) in [6.07, 6.45) is 0. The van der Waals surface area contributed by atoms with Crippen molar-refractivity contribution in [3.05, 3.63) is 23.8 Å². The highest BCUT2D eigenvalue weighted by atomic mass is 16.4.